The summed E-state index contributed by atoms with van der Waals surface area (Å²) >= 11 is 0. The predicted molar refractivity (Wildman–Crippen MR) is 75.0 cm³/mol. The molecule has 0 saturated carbocycles. The maximum atomic E-state index is 12.9. The van der Waals surface area contributed by atoms with E-state index in [9.17, 15) is 14.0 Å². The first-order valence-electron chi connectivity index (χ1n) is 6.45. The third kappa shape index (κ3) is 7.10. The molecule has 0 aliphatic carbocycles. The van der Waals surface area contributed by atoms with Crippen molar-refractivity contribution in [2.24, 2.45) is 0 Å². The SMILES string of the molecule is COC(=O)C=C(C)NC(=O)CCCOc1cccc(F)c1. The van der Waals surface area contributed by atoms with E-state index in [1.807, 2.05) is 0 Å². The highest BCUT2D eigenvalue weighted by molar-refractivity contribution is 5.84. The number of methoxy groups -OCH3 is 1. The van der Waals surface area contributed by atoms with E-state index in [1.165, 1.54) is 25.3 Å². The summed E-state index contributed by atoms with van der Waals surface area (Å²) in [6.45, 7) is 1.90. The fourth-order valence-corrected chi connectivity index (χ4v) is 1.53. The van der Waals surface area contributed by atoms with Crippen LogP contribution in [-0.4, -0.2) is 25.6 Å². The van der Waals surface area contributed by atoms with E-state index in [4.69, 9.17) is 4.74 Å². The molecule has 1 aromatic rings. The van der Waals surface area contributed by atoms with Crippen molar-refractivity contribution in [3.63, 3.8) is 0 Å². The number of hydrogen-bond acceptors (Lipinski definition) is 4. The summed E-state index contributed by atoms with van der Waals surface area (Å²) in [6, 6.07) is 5.81. The molecule has 0 atom stereocenters. The van der Waals surface area contributed by atoms with Crippen molar-refractivity contribution in [2.75, 3.05) is 13.7 Å². The van der Waals surface area contributed by atoms with E-state index in [1.54, 1.807) is 19.1 Å². The van der Waals surface area contributed by atoms with Crippen LogP contribution in [0.25, 0.3) is 0 Å². The molecule has 1 N–H and O–H groups in total. The van der Waals surface area contributed by atoms with Crippen LogP contribution < -0.4 is 10.1 Å². The van der Waals surface area contributed by atoms with Gasteiger partial charge in [-0.15, -0.1) is 0 Å². The Labute approximate surface area is 122 Å². The zero-order valence-electron chi connectivity index (χ0n) is 12.0. The maximum Gasteiger partial charge on any atom is 0.332 e. The highest BCUT2D eigenvalue weighted by Crippen LogP contribution is 2.12. The minimum Gasteiger partial charge on any atom is -0.493 e. The van der Waals surface area contributed by atoms with E-state index in [0.29, 0.717) is 24.5 Å². The van der Waals surface area contributed by atoms with Crippen molar-refractivity contribution in [3.05, 3.63) is 41.9 Å². The Balaban J connectivity index is 2.25. The normalized spacial score (nSPS) is 10.9. The van der Waals surface area contributed by atoms with Crippen LogP contribution in [0.1, 0.15) is 19.8 Å². The van der Waals surface area contributed by atoms with Gasteiger partial charge in [0, 0.05) is 24.3 Å². The van der Waals surface area contributed by atoms with Crippen LogP contribution in [0, 0.1) is 5.82 Å². The van der Waals surface area contributed by atoms with E-state index >= 15 is 0 Å². The Kier molecular flexibility index (Phi) is 6.94. The topological polar surface area (TPSA) is 64.6 Å². The minimum atomic E-state index is -0.526. The maximum absolute atomic E-state index is 12.9. The molecule has 5 nitrogen and oxygen atoms in total. The number of carbonyl (C=O) groups excluding carboxylic acids is 2. The molecule has 0 aliphatic heterocycles. The van der Waals surface area contributed by atoms with E-state index in [2.05, 4.69) is 10.1 Å². The zero-order valence-corrected chi connectivity index (χ0v) is 12.0. The van der Waals surface area contributed by atoms with Gasteiger partial charge in [-0.25, -0.2) is 9.18 Å². The first-order chi connectivity index (χ1) is 10.0. The molecule has 6 heteroatoms. The molecule has 0 fully saturated rings. The summed E-state index contributed by atoms with van der Waals surface area (Å²) < 4.78 is 22.7. The quantitative estimate of drug-likeness (QED) is 0.476. The standard InChI is InChI=1S/C15H18FNO4/c1-11(9-15(19)20-2)17-14(18)7-4-8-21-13-6-3-5-12(16)10-13/h3,5-6,9-10H,4,7-8H2,1-2H3,(H,17,18). The van der Waals surface area contributed by atoms with Gasteiger partial charge in [-0.2, -0.15) is 0 Å². The van der Waals surface area contributed by atoms with Gasteiger partial charge in [-0.1, -0.05) is 6.07 Å². The van der Waals surface area contributed by atoms with E-state index < -0.39 is 5.97 Å². The molecule has 1 aromatic carbocycles. The summed E-state index contributed by atoms with van der Waals surface area (Å²) in [5.74, 6) is -0.691. The van der Waals surface area contributed by atoms with Crippen molar-refractivity contribution in [1.82, 2.24) is 5.32 Å². The fraction of sp³-hybridized carbons (Fsp3) is 0.333. The monoisotopic (exact) mass is 295 g/mol. The van der Waals surface area contributed by atoms with E-state index in [0.717, 1.165) is 0 Å². The first kappa shape index (κ1) is 16.7. The lowest BCUT2D eigenvalue weighted by Crippen LogP contribution is -2.22. The number of ether oxygens (including phenoxy) is 2. The molecule has 0 saturated heterocycles. The highest BCUT2D eigenvalue weighted by atomic mass is 19.1. The number of rotatable bonds is 7. The van der Waals surface area contributed by atoms with Gasteiger partial charge in [-0.3, -0.25) is 4.79 Å². The molecule has 1 rings (SSSR count). The first-order valence-corrected chi connectivity index (χ1v) is 6.45. The van der Waals surface area contributed by atoms with Gasteiger partial charge < -0.3 is 14.8 Å². The largest absolute Gasteiger partial charge is 0.493 e. The second-order valence-electron chi connectivity index (χ2n) is 4.31. The van der Waals surface area contributed by atoms with Gasteiger partial charge in [0.15, 0.2) is 0 Å². The molecule has 0 aliphatic rings. The number of esters is 1. The molecule has 114 valence electrons. The number of allylic oxidation sites excluding steroid dienone is 1. The van der Waals surface area contributed by atoms with Crippen LogP contribution in [0.5, 0.6) is 5.75 Å². The Hall–Kier alpha value is -2.37. The van der Waals surface area contributed by atoms with Crippen molar-refractivity contribution in [3.8, 4) is 5.75 Å². The molecule has 0 spiro atoms. The Morgan fingerprint density at radius 1 is 1.38 bits per heavy atom. The Bertz CT molecular complexity index is 528. The number of halogens is 1. The van der Waals surface area contributed by atoms with Crippen molar-refractivity contribution in [2.45, 2.75) is 19.8 Å². The number of amides is 1. The third-order valence-corrected chi connectivity index (χ3v) is 2.49. The summed E-state index contributed by atoms with van der Waals surface area (Å²) in [5.41, 5.74) is 0.415. The third-order valence-electron chi connectivity index (χ3n) is 2.49. The number of hydrogen-bond donors (Lipinski definition) is 1. The highest BCUT2D eigenvalue weighted by Gasteiger charge is 2.04. The smallest absolute Gasteiger partial charge is 0.332 e. The lowest BCUT2D eigenvalue weighted by atomic mass is 10.3. The van der Waals surface area contributed by atoms with Crippen LogP contribution in [-0.2, 0) is 14.3 Å². The summed E-state index contributed by atoms with van der Waals surface area (Å²) in [5, 5.41) is 2.56. The van der Waals surface area contributed by atoms with Crippen molar-refractivity contribution < 1.29 is 23.5 Å². The minimum absolute atomic E-state index is 0.226. The molecule has 0 unspecified atom stereocenters. The van der Waals surface area contributed by atoms with Crippen LogP contribution in [0.4, 0.5) is 4.39 Å². The van der Waals surface area contributed by atoms with Crippen LogP contribution in [0.15, 0.2) is 36.0 Å². The van der Waals surface area contributed by atoms with Gasteiger partial charge in [0.25, 0.3) is 0 Å². The van der Waals surface area contributed by atoms with Gasteiger partial charge in [0.1, 0.15) is 11.6 Å². The zero-order chi connectivity index (χ0) is 15.7. The fourth-order valence-electron chi connectivity index (χ4n) is 1.53. The van der Waals surface area contributed by atoms with Gasteiger partial charge in [0.2, 0.25) is 5.91 Å². The van der Waals surface area contributed by atoms with Crippen molar-refractivity contribution >= 4 is 11.9 Å². The van der Waals surface area contributed by atoms with Crippen LogP contribution in [0.2, 0.25) is 0 Å². The molecular weight excluding hydrogens is 277 g/mol. The number of nitrogens with one attached hydrogen (secondary N) is 1. The van der Waals surface area contributed by atoms with Crippen LogP contribution in [0.3, 0.4) is 0 Å². The van der Waals surface area contributed by atoms with Gasteiger partial charge in [-0.05, 0) is 25.5 Å². The molecule has 0 radical (unpaired) electrons. The van der Waals surface area contributed by atoms with Crippen LogP contribution >= 0.6 is 0 Å². The lowest BCUT2D eigenvalue weighted by Gasteiger charge is -2.07. The summed E-state index contributed by atoms with van der Waals surface area (Å²) in [4.78, 5) is 22.5. The molecular formula is C15H18FNO4. The van der Waals surface area contributed by atoms with E-state index in [-0.39, 0.29) is 18.1 Å². The molecule has 0 bridgehead atoms. The average molecular weight is 295 g/mol. The van der Waals surface area contributed by atoms with Gasteiger partial charge >= 0.3 is 5.97 Å². The number of carbonyl (C=O) groups is 2. The summed E-state index contributed by atoms with van der Waals surface area (Å²) in [6.07, 6.45) is 1.91. The molecule has 0 heterocycles. The Morgan fingerprint density at radius 2 is 2.14 bits per heavy atom. The summed E-state index contributed by atoms with van der Waals surface area (Å²) in [7, 11) is 1.26. The van der Waals surface area contributed by atoms with Crippen molar-refractivity contribution in [1.29, 1.82) is 0 Å². The number of benzene rings is 1. The Morgan fingerprint density at radius 3 is 2.81 bits per heavy atom. The lowest BCUT2D eigenvalue weighted by molar-refractivity contribution is -0.134. The molecule has 0 aromatic heterocycles. The average Bonchev–Trinajstić information content (AvgIpc) is 2.43. The second kappa shape index (κ2) is 8.73. The second-order valence-corrected chi connectivity index (χ2v) is 4.31. The molecule has 21 heavy (non-hydrogen) atoms. The predicted octanol–water partition coefficient (Wildman–Crippen LogP) is 2.18. The van der Waals surface area contributed by atoms with Gasteiger partial charge in [0.05, 0.1) is 13.7 Å². The molecule has 1 amide bonds.